The molecule has 0 saturated heterocycles. The highest BCUT2D eigenvalue weighted by Crippen LogP contribution is 2.05. The van der Waals surface area contributed by atoms with Crippen molar-refractivity contribution in [2.75, 3.05) is 12.3 Å². The van der Waals surface area contributed by atoms with Crippen LogP contribution in [0.25, 0.3) is 0 Å². The fraction of sp³-hybridized carbons (Fsp3) is 0.550. The Balaban J connectivity index is 3.05. The molecule has 0 spiro atoms. The molecule has 0 fully saturated rings. The Morgan fingerprint density at radius 3 is 2.16 bits per heavy atom. The average Bonchev–Trinajstić information content (AvgIpc) is 3.34. The molecule has 4 unspecified atom stereocenters. The first-order valence-corrected chi connectivity index (χ1v) is 11.8. The smallest absolute Gasteiger partial charge is 0.327 e. The number of amides is 3. The lowest BCUT2D eigenvalue weighted by atomic mass is 10.1. The third-order valence-corrected chi connectivity index (χ3v) is 5.36. The van der Waals surface area contributed by atoms with Crippen LogP contribution in [0.15, 0.2) is 17.5 Å². The number of rotatable bonds is 17. The van der Waals surface area contributed by atoms with Gasteiger partial charge in [-0.3, -0.25) is 24.2 Å². The van der Waals surface area contributed by atoms with E-state index in [9.17, 15) is 29.1 Å². The topological polar surface area (TPSA) is 281 Å². The van der Waals surface area contributed by atoms with E-state index in [1.54, 1.807) is 0 Å². The summed E-state index contributed by atoms with van der Waals surface area (Å²) in [5.74, 6) is -5.12. The highest BCUT2D eigenvalue weighted by Gasteiger charge is 2.30. The summed E-state index contributed by atoms with van der Waals surface area (Å²) < 4.78 is 0. The Labute approximate surface area is 217 Å². The number of hydrogen-bond donors (Lipinski definition) is 10. The lowest BCUT2D eigenvalue weighted by molar-refractivity contribution is -0.141. The zero-order valence-electron chi connectivity index (χ0n) is 19.9. The number of guanidine groups is 1. The number of carbonyl (C=O) groups excluding carboxylic acids is 3. The number of nitrogens with zero attached hydrogens (tertiary/aromatic N) is 2. The summed E-state index contributed by atoms with van der Waals surface area (Å²) in [7, 11) is 0. The van der Waals surface area contributed by atoms with E-state index in [2.05, 4.69) is 43.5 Å². The SMILES string of the molecule is NC(N)=NCCCC(NC(=O)C(N)CCC(=O)O)C(=O)NC(Cc1cnc[nH]1)C(=O)NC(CS)C(=O)O. The normalized spacial score (nSPS) is 13.9. The molecule has 0 aromatic carbocycles. The number of hydrogen-bond acceptors (Lipinski definition) is 9. The number of thiol groups is 1. The Hall–Kier alpha value is -3.86. The number of carboxylic acid groups (broad SMARTS) is 2. The minimum absolute atomic E-state index is 0.0484. The fourth-order valence-corrected chi connectivity index (χ4v) is 3.26. The molecule has 0 saturated carbocycles. The van der Waals surface area contributed by atoms with Gasteiger partial charge in [0.15, 0.2) is 5.96 Å². The van der Waals surface area contributed by atoms with E-state index in [4.69, 9.17) is 22.3 Å². The minimum Gasteiger partial charge on any atom is -0.481 e. The van der Waals surface area contributed by atoms with Crippen LogP contribution in [0.1, 0.15) is 31.4 Å². The van der Waals surface area contributed by atoms with Gasteiger partial charge in [0.2, 0.25) is 17.7 Å². The fourth-order valence-electron chi connectivity index (χ4n) is 3.02. The number of aromatic amines is 1. The molecule has 1 heterocycles. The van der Waals surface area contributed by atoms with Crippen LogP contribution in [-0.4, -0.2) is 92.3 Å². The van der Waals surface area contributed by atoms with Gasteiger partial charge >= 0.3 is 11.9 Å². The molecule has 1 rings (SSSR count). The highest BCUT2D eigenvalue weighted by molar-refractivity contribution is 7.80. The van der Waals surface area contributed by atoms with E-state index >= 15 is 0 Å². The molecule has 17 heteroatoms. The molecule has 0 aliphatic heterocycles. The Bertz CT molecular complexity index is 954. The molecule has 0 aliphatic rings. The van der Waals surface area contributed by atoms with Gasteiger partial charge in [-0.15, -0.1) is 0 Å². The molecule has 206 valence electrons. The van der Waals surface area contributed by atoms with Crippen molar-refractivity contribution in [1.29, 1.82) is 0 Å². The molecule has 12 N–H and O–H groups in total. The molecule has 1 aromatic rings. The predicted octanol–water partition coefficient (Wildman–Crippen LogP) is -3.33. The molecule has 1 aromatic heterocycles. The molecule has 16 nitrogen and oxygen atoms in total. The summed E-state index contributed by atoms with van der Waals surface area (Å²) in [5, 5.41) is 25.3. The summed E-state index contributed by atoms with van der Waals surface area (Å²) in [4.78, 5) is 71.1. The second kappa shape index (κ2) is 16.0. The maximum atomic E-state index is 13.1. The second-order valence-electron chi connectivity index (χ2n) is 7.97. The Morgan fingerprint density at radius 2 is 1.62 bits per heavy atom. The highest BCUT2D eigenvalue weighted by atomic mass is 32.1. The molecule has 4 atom stereocenters. The van der Waals surface area contributed by atoms with E-state index in [0.29, 0.717) is 5.69 Å². The van der Waals surface area contributed by atoms with E-state index in [1.807, 2.05) is 0 Å². The maximum Gasteiger partial charge on any atom is 0.327 e. The number of aromatic nitrogens is 2. The van der Waals surface area contributed by atoms with Gasteiger partial charge in [-0.2, -0.15) is 12.6 Å². The quantitative estimate of drug-likeness (QED) is 0.0401. The van der Waals surface area contributed by atoms with E-state index in [1.165, 1.54) is 12.5 Å². The van der Waals surface area contributed by atoms with Gasteiger partial charge in [-0.1, -0.05) is 0 Å². The standard InChI is InChI=1S/C20H33N9O7S/c21-11(3-4-15(30)31)16(32)27-12(2-1-5-25-20(22)23)17(33)28-13(6-10-7-24-9-26-10)18(34)29-14(8-37)19(35)36/h7,9,11-14,37H,1-6,8,21H2,(H,24,26)(H,27,32)(H,28,33)(H,29,34)(H,30,31)(H,35,36)(H4,22,23,25). The zero-order chi connectivity index (χ0) is 28.0. The second-order valence-corrected chi connectivity index (χ2v) is 8.34. The van der Waals surface area contributed by atoms with E-state index in [-0.39, 0.29) is 50.4 Å². The monoisotopic (exact) mass is 543 g/mol. The van der Waals surface area contributed by atoms with E-state index in [0.717, 1.165) is 0 Å². The van der Waals surface area contributed by atoms with Gasteiger partial charge in [0.05, 0.1) is 12.4 Å². The summed E-state index contributed by atoms with van der Waals surface area (Å²) >= 11 is 3.91. The summed E-state index contributed by atoms with van der Waals surface area (Å²) in [6.07, 6.45) is 2.53. The summed E-state index contributed by atoms with van der Waals surface area (Å²) in [6.45, 7) is 0.146. The zero-order valence-corrected chi connectivity index (χ0v) is 20.8. The lowest BCUT2D eigenvalue weighted by Gasteiger charge is -2.25. The Kier molecular flexibility index (Phi) is 13.5. The summed E-state index contributed by atoms with van der Waals surface area (Å²) in [5.41, 5.74) is 16.8. The lowest BCUT2D eigenvalue weighted by Crippen LogP contribution is -2.57. The van der Waals surface area contributed by atoms with Crippen molar-refractivity contribution in [3.05, 3.63) is 18.2 Å². The first kappa shape index (κ1) is 31.2. The number of imidazole rings is 1. The number of carbonyl (C=O) groups is 5. The van der Waals surface area contributed by atoms with Crippen LogP contribution in [0, 0.1) is 0 Å². The van der Waals surface area contributed by atoms with Gasteiger partial charge in [0.1, 0.15) is 18.1 Å². The van der Waals surface area contributed by atoms with Crippen LogP contribution in [0.2, 0.25) is 0 Å². The maximum absolute atomic E-state index is 13.1. The van der Waals surface area contributed by atoms with Crippen molar-refractivity contribution in [3.63, 3.8) is 0 Å². The van der Waals surface area contributed by atoms with Crippen molar-refractivity contribution < 1.29 is 34.2 Å². The molecule has 37 heavy (non-hydrogen) atoms. The number of carboxylic acids is 2. The third kappa shape index (κ3) is 12.1. The van der Waals surface area contributed by atoms with Gasteiger partial charge in [-0.25, -0.2) is 9.78 Å². The van der Waals surface area contributed by atoms with Crippen LogP contribution in [0.5, 0.6) is 0 Å². The minimum atomic E-state index is -1.31. The number of nitrogens with one attached hydrogen (secondary N) is 4. The van der Waals surface area contributed by atoms with Crippen molar-refractivity contribution in [2.24, 2.45) is 22.2 Å². The average molecular weight is 544 g/mol. The number of aliphatic imine (C=N–C) groups is 1. The largest absolute Gasteiger partial charge is 0.481 e. The number of aliphatic carboxylic acids is 2. The Morgan fingerprint density at radius 1 is 1.00 bits per heavy atom. The van der Waals surface area contributed by atoms with Crippen molar-refractivity contribution in [1.82, 2.24) is 25.9 Å². The van der Waals surface area contributed by atoms with Gasteiger partial charge in [0.25, 0.3) is 0 Å². The van der Waals surface area contributed by atoms with Crippen molar-refractivity contribution >= 4 is 48.2 Å². The predicted molar refractivity (Wildman–Crippen MR) is 134 cm³/mol. The number of H-pyrrole nitrogens is 1. The molecular formula is C20H33N9O7S. The number of nitrogens with two attached hydrogens (primary N) is 3. The molecule has 3 amide bonds. The van der Waals surface area contributed by atoms with Crippen molar-refractivity contribution in [3.8, 4) is 0 Å². The molecule has 0 aliphatic carbocycles. The van der Waals surface area contributed by atoms with E-state index < -0.39 is 53.8 Å². The van der Waals surface area contributed by atoms with Crippen LogP contribution in [0.3, 0.4) is 0 Å². The van der Waals surface area contributed by atoms with Gasteiger partial charge in [-0.05, 0) is 19.3 Å². The van der Waals surface area contributed by atoms with Gasteiger partial charge in [0, 0.05) is 37.0 Å². The van der Waals surface area contributed by atoms with Crippen LogP contribution in [-0.2, 0) is 30.4 Å². The van der Waals surface area contributed by atoms with Crippen LogP contribution < -0.4 is 33.2 Å². The van der Waals surface area contributed by atoms with Crippen LogP contribution in [0.4, 0.5) is 0 Å². The molecule has 0 radical (unpaired) electrons. The van der Waals surface area contributed by atoms with Crippen LogP contribution >= 0.6 is 12.6 Å². The molecule has 0 bridgehead atoms. The first-order chi connectivity index (χ1) is 17.4. The van der Waals surface area contributed by atoms with Crippen molar-refractivity contribution in [2.45, 2.75) is 56.3 Å². The molecular weight excluding hydrogens is 510 g/mol. The third-order valence-electron chi connectivity index (χ3n) is 4.99. The van der Waals surface area contributed by atoms with Gasteiger partial charge < -0.3 is 48.3 Å². The summed E-state index contributed by atoms with van der Waals surface area (Å²) in [6, 6.07) is -4.93. The first-order valence-electron chi connectivity index (χ1n) is 11.2.